The molecule has 198 valence electrons. The summed E-state index contributed by atoms with van der Waals surface area (Å²) in [5.41, 5.74) is 1.00. The summed E-state index contributed by atoms with van der Waals surface area (Å²) in [6, 6.07) is 6.35. The molecule has 2 aliphatic rings. The molecule has 0 aromatic heterocycles. The molecule has 3 N–H and O–H groups in total. The van der Waals surface area contributed by atoms with Crippen LogP contribution in [0.25, 0.3) is 0 Å². The fourth-order valence-corrected chi connectivity index (χ4v) is 5.48. The summed E-state index contributed by atoms with van der Waals surface area (Å²) < 4.78 is 0. The smallest absolute Gasteiger partial charge is 0.326 e. The Kier molecular flexibility index (Phi) is 9.87. The number of fused-ring (bicyclic) bond motifs is 1. The second-order valence-corrected chi connectivity index (χ2v) is 10.1. The molecule has 2 amide bonds. The fraction of sp³-hybridized carbons (Fsp3) is 0.630. The first-order valence-corrected chi connectivity index (χ1v) is 13.1. The molecule has 2 saturated heterocycles. The number of nitrogens with one attached hydrogen (secondary N) is 1. The van der Waals surface area contributed by atoms with E-state index in [2.05, 4.69) is 12.2 Å². The van der Waals surface area contributed by atoms with Crippen LogP contribution < -0.4 is 5.32 Å². The molecule has 2 aliphatic heterocycles. The minimum atomic E-state index is -1.07. The summed E-state index contributed by atoms with van der Waals surface area (Å²) >= 11 is 0. The molecule has 1 aromatic carbocycles. The molecule has 2 heterocycles. The number of aryl methyl sites for hydroxylation is 1. The molecule has 9 heteroatoms. The number of carboxylic acid groups (broad SMARTS) is 2. The summed E-state index contributed by atoms with van der Waals surface area (Å²) in [5.74, 6) is -2.49. The first kappa shape index (κ1) is 27.6. The van der Waals surface area contributed by atoms with Gasteiger partial charge in [-0.3, -0.25) is 19.7 Å². The number of carbonyl (C=O) groups excluding carboxylic acids is 2. The predicted octanol–water partition coefficient (Wildman–Crippen LogP) is 2.53. The highest BCUT2D eigenvalue weighted by atomic mass is 16.4. The molecule has 0 radical (unpaired) electrons. The lowest BCUT2D eigenvalue weighted by molar-refractivity contribution is -0.152. The lowest BCUT2D eigenvalue weighted by atomic mass is 9.91. The van der Waals surface area contributed by atoms with Crippen molar-refractivity contribution in [3.63, 3.8) is 0 Å². The number of hydrogen-bond acceptors (Lipinski definition) is 5. The van der Waals surface area contributed by atoms with Crippen molar-refractivity contribution in [3.05, 3.63) is 35.9 Å². The van der Waals surface area contributed by atoms with Crippen LogP contribution in [0.4, 0.5) is 0 Å². The standard InChI is InChI=1S/C27H39N3O6/c1-3-4-6-11-24(31)29-15-14-20-16-22(27(35)36)30(23(20)17-29)25(32)18(2)28-21(26(33)34)13-12-19-9-7-5-8-10-19/h5,7-10,18,20-23,28H,3-4,6,11-17H2,1-2H3,(H,33,34)(H,35,36)/t18-,20-,21-,22+,23+/m1/s1. The summed E-state index contributed by atoms with van der Waals surface area (Å²) in [7, 11) is 0. The van der Waals surface area contributed by atoms with E-state index in [9.17, 15) is 29.4 Å². The van der Waals surface area contributed by atoms with Gasteiger partial charge in [0, 0.05) is 19.5 Å². The van der Waals surface area contributed by atoms with Crippen molar-refractivity contribution in [1.82, 2.24) is 15.1 Å². The van der Waals surface area contributed by atoms with E-state index in [-0.39, 0.29) is 17.9 Å². The van der Waals surface area contributed by atoms with Crippen molar-refractivity contribution in [1.29, 1.82) is 0 Å². The number of amides is 2. The minimum absolute atomic E-state index is 0.00953. The molecule has 0 spiro atoms. The summed E-state index contributed by atoms with van der Waals surface area (Å²) in [4.78, 5) is 53.4. The fourth-order valence-electron chi connectivity index (χ4n) is 5.48. The van der Waals surface area contributed by atoms with Gasteiger partial charge in [-0.2, -0.15) is 0 Å². The second-order valence-electron chi connectivity index (χ2n) is 10.1. The zero-order chi connectivity index (χ0) is 26.2. The van der Waals surface area contributed by atoms with Gasteiger partial charge in [0.25, 0.3) is 0 Å². The van der Waals surface area contributed by atoms with E-state index >= 15 is 0 Å². The number of carboxylic acids is 2. The number of carbonyl (C=O) groups is 4. The summed E-state index contributed by atoms with van der Waals surface area (Å²) in [5, 5.41) is 22.5. The van der Waals surface area contributed by atoms with Crippen LogP contribution in [0.15, 0.2) is 30.3 Å². The van der Waals surface area contributed by atoms with Crippen molar-refractivity contribution in [2.75, 3.05) is 13.1 Å². The normalized spacial score (nSPS) is 23.1. The van der Waals surface area contributed by atoms with E-state index in [0.29, 0.717) is 45.2 Å². The van der Waals surface area contributed by atoms with Crippen LogP contribution >= 0.6 is 0 Å². The molecule has 0 bridgehead atoms. The SMILES string of the molecule is CCCCCC(=O)N1CC[C@@H]2C[C@@H](C(=O)O)N(C(=O)[C@@H](C)N[C@H](CCc3ccccc3)C(=O)O)[C@H]2C1. The first-order chi connectivity index (χ1) is 17.2. The maximum atomic E-state index is 13.5. The summed E-state index contributed by atoms with van der Waals surface area (Å²) in [6.45, 7) is 4.57. The first-order valence-electron chi connectivity index (χ1n) is 13.1. The van der Waals surface area contributed by atoms with Crippen molar-refractivity contribution in [2.45, 2.75) is 89.4 Å². The van der Waals surface area contributed by atoms with E-state index in [1.807, 2.05) is 30.3 Å². The minimum Gasteiger partial charge on any atom is -0.480 e. The average molecular weight is 502 g/mol. The number of rotatable bonds is 12. The Balaban J connectivity index is 1.68. The van der Waals surface area contributed by atoms with Gasteiger partial charge in [-0.25, -0.2) is 4.79 Å². The van der Waals surface area contributed by atoms with Gasteiger partial charge in [-0.1, -0.05) is 50.1 Å². The molecule has 2 fully saturated rings. The maximum Gasteiger partial charge on any atom is 0.326 e. The van der Waals surface area contributed by atoms with Crippen LogP contribution in [-0.2, 0) is 25.6 Å². The molecule has 9 nitrogen and oxygen atoms in total. The van der Waals surface area contributed by atoms with Crippen LogP contribution in [-0.4, -0.2) is 81.0 Å². The van der Waals surface area contributed by atoms with E-state index < -0.39 is 36.0 Å². The molecule has 0 unspecified atom stereocenters. The highest BCUT2D eigenvalue weighted by Gasteiger charge is 2.50. The molecule has 3 rings (SSSR count). The Morgan fingerprint density at radius 3 is 2.47 bits per heavy atom. The van der Waals surface area contributed by atoms with Gasteiger partial charge >= 0.3 is 11.9 Å². The Hall–Kier alpha value is -2.94. The topological polar surface area (TPSA) is 127 Å². The van der Waals surface area contributed by atoms with Crippen molar-refractivity contribution in [2.24, 2.45) is 5.92 Å². The third-order valence-electron chi connectivity index (χ3n) is 7.51. The van der Waals surface area contributed by atoms with Gasteiger partial charge < -0.3 is 20.0 Å². The average Bonchev–Trinajstić information content (AvgIpc) is 3.25. The number of nitrogens with zero attached hydrogens (tertiary/aromatic N) is 2. The third kappa shape index (κ3) is 6.84. The number of unbranched alkanes of at least 4 members (excludes halogenated alkanes) is 2. The van der Waals surface area contributed by atoms with E-state index in [4.69, 9.17) is 0 Å². The molecular formula is C27H39N3O6. The van der Waals surface area contributed by atoms with E-state index in [0.717, 1.165) is 24.8 Å². The number of hydrogen-bond donors (Lipinski definition) is 3. The van der Waals surface area contributed by atoms with E-state index in [1.165, 1.54) is 4.90 Å². The molecule has 0 saturated carbocycles. The van der Waals surface area contributed by atoms with Crippen LogP contribution in [0.1, 0.15) is 64.4 Å². The lowest BCUT2D eigenvalue weighted by Crippen LogP contribution is -2.58. The highest BCUT2D eigenvalue weighted by molar-refractivity contribution is 5.88. The van der Waals surface area contributed by atoms with Crippen molar-refractivity contribution >= 4 is 23.8 Å². The highest BCUT2D eigenvalue weighted by Crippen LogP contribution is 2.37. The largest absolute Gasteiger partial charge is 0.480 e. The van der Waals surface area contributed by atoms with Crippen molar-refractivity contribution in [3.8, 4) is 0 Å². The van der Waals surface area contributed by atoms with Crippen molar-refractivity contribution < 1.29 is 29.4 Å². The second kappa shape index (κ2) is 12.9. The van der Waals surface area contributed by atoms with Crippen LogP contribution in [0.3, 0.4) is 0 Å². The number of aliphatic carboxylic acids is 2. The quantitative estimate of drug-likeness (QED) is 0.376. The van der Waals surface area contributed by atoms with Crippen LogP contribution in [0, 0.1) is 5.92 Å². The van der Waals surface area contributed by atoms with Gasteiger partial charge in [-0.15, -0.1) is 0 Å². The monoisotopic (exact) mass is 501 g/mol. The van der Waals surface area contributed by atoms with Gasteiger partial charge in [0.2, 0.25) is 11.8 Å². The zero-order valence-electron chi connectivity index (χ0n) is 21.3. The lowest BCUT2D eigenvalue weighted by Gasteiger charge is -2.40. The predicted molar refractivity (Wildman–Crippen MR) is 134 cm³/mol. The number of benzene rings is 1. The Morgan fingerprint density at radius 1 is 1.11 bits per heavy atom. The van der Waals surface area contributed by atoms with Crippen LogP contribution in [0.2, 0.25) is 0 Å². The van der Waals surface area contributed by atoms with E-state index in [1.54, 1.807) is 11.8 Å². The van der Waals surface area contributed by atoms with Gasteiger partial charge in [0.15, 0.2) is 0 Å². The number of piperidine rings is 1. The molecule has 5 atom stereocenters. The van der Waals surface area contributed by atoms with Gasteiger partial charge in [-0.05, 0) is 50.5 Å². The zero-order valence-corrected chi connectivity index (χ0v) is 21.3. The maximum absolute atomic E-state index is 13.5. The molecule has 0 aliphatic carbocycles. The van der Waals surface area contributed by atoms with Gasteiger partial charge in [0.05, 0.1) is 12.1 Å². The molecule has 1 aromatic rings. The molecule has 36 heavy (non-hydrogen) atoms. The number of likely N-dealkylation sites (tertiary alicyclic amines) is 2. The van der Waals surface area contributed by atoms with Crippen LogP contribution in [0.5, 0.6) is 0 Å². The Morgan fingerprint density at radius 2 is 1.83 bits per heavy atom. The Labute approximate surface area is 212 Å². The van der Waals surface area contributed by atoms with Gasteiger partial charge in [0.1, 0.15) is 12.1 Å². The summed E-state index contributed by atoms with van der Waals surface area (Å²) in [6.07, 6.45) is 5.13. The molecular weight excluding hydrogens is 462 g/mol. The third-order valence-corrected chi connectivity index (χ3v) is 7.51. The Bertz CT molecular complexity index is 923.